The fraction of sp³-hybridized carbons (Fsp3) is 0.333. The minimum absolute atomic E-state index is 0.0708. The van der Waals surface area contributed by atoms with E-state index in [1.165, 1.54) is 11.8 Å². The van der Waals surface area contributed by atoms with Crippen molar-refractivity contribution in [1.82, 2.24) is 14.5 Å². The summed E-state index contributed by atoms with van der Waals surface area (Å²) < 4.78 is 13.1. The molecule has 1 saturated heterocycles. The van der Waals surface area contributed by atoms with Crippen LogP contribution in [0.1, 0.15) is 34.8 Å². The second-order valence-corrected chi connectivity index (χ2v) is 6.75. The Morgan fingerprint density at radius 1 is 1.22 bits per heavy atom. The summed E-state index contributed by atoms with van der Waals surface area (Å²) in [6.45, 7) is 2.44. The maximum Gasteiger partial charge on any atom is 0.290 e. The van der Waals surface area contributed by atoms with Gasteiger partial charge in [0, 0.05) is 32.1 Å². The first-order valence-corrected chi connectivity index (χ1v) is 9.28. The molecule has 0 N–H and O–H groups in total. The Bertz CT molecular complexity index is 852. The van der Waals surface area contributed by atoms with Crippen molar-refractivity contribution in [2.24, 2.45) is 0 Å². The molecule has 1 aromatic carbocycles. The summed E-state index contributed by atoms with van der Waals surface area (Å²) in [6, 6.07) is 13.6. The van der Waals surface area contributed by atoms with Gasteiger partial charge in [-0.2, -0.15) is 0 Å². The van der Waals surface area contributed by atoms with E-state index in [1.54, 1.807) is 23.2 Å². The van der Waals surface area contributed by atoms with Crippen LogP contribution in [-0.2, 0) is 17.8 Å². The van der Waals surface area contributed by atoms with Crippen LogP contribution >= 0.6 is 0 Å². The highest BCUT2D eigenvalue weighted by Gasteiger charge is 2.26. The lowest BCUT2D eigenvalue weighted by Crippen LogP contribution is -2.37. The molecule has 3 aromatic rings. The Hall–Kier alpha value is -2.86. The fourth-order valence-corrected chi connectivity index (χ4v) is 3.40. The van der Waals surface area contributed by atoms with Gasteiger partial charge in [0.25, 0.3) is 5.91 Å². The molecule has 0 bridgehead atoms. The number of benzene rings is 1. The summed E-state index contributed by atoms with van der Waals surface area (Å²) in [5.41, 5.74) is 1.19. The van der Waals surface area contributed by atoms with Gasteiger partial charge in [-0.25, -0.2) is 4.98 Å². The number of carbonyl (C=O) groups excluding carboxylic acids is 1. The molecule has 140 valence electrons. The average Bonchev–Trinajstić information content (AvgIpc) is 3.45. The van der Waals surface area contributed by atoms with Crippen molar-refractivity contribution in [2.45, 2.75) is 32.0 Å². The summed E-state index contributed by atoms with van der Waals surface area (Å²) >= 11 is 0. The van der Waals surface area contributed by atoms with Crippen LogP contribution in [-0.4, -0.2) is 39.6 Å². The molecule has 1 atom stereocenters. The van der Waals surface area contributed by atoms with E-state index >= 15 is 0 Å². The van der Waals surface area contributed by atoms with Gasteiger partial charge in [-0.15, -0.1) is 0 Å². The standard InChI is InChI=1S/C21H23N3O3/c25-21(19-9-5-13-27-19)24(15-18-8-4-12-26-18)16-20-22-10-11-23(20)14-17-6-2-1-3-7-17/h1-3,5-7,9-11,13,18H,4,8,12,14-16H2. The molecule has 6 nitrogen and oxygen atoms in total. The highest BCUT2D eigenvalue weighted by Crippen LogP contribution is 2.17. The van der Waals surface area contributed by atoms with Crippen molar-refractivity contribution in [3.05, 3.63) is 78.3 Å². The van der Waals surface area contributed by atoms with Crippen molar-refractivity contribution in [1.29, 1.82) is 0 Å². The molecule has 1 unspecified atom stereocenters. The minimum Gasteiger partial charge on any atom is -0.459 e. The van der Waals surface area contributed by atoms with Gasteiger partial charge in [-0.1, -0.05) is 30.3 Å². The second-order valence-electron chi connectivity index (χ2n) is 6.75. The van der Waals surface area contributed by atoms with Gasteiger partial charge >= 0.3 is 0 Å². The van der Waals surface area contributed by atoms with Crippen molar-refractivity contribution >= 4 is 5.91 Å². The maximum atomic E-state index is 12.9. The Balaban J connectivity index is 1.52. The van der Waals surface area contributed by atoms with E-state index in [1.807, 2.05) is 24.4 Å². The normalized spacial score (nSPS) is 16.5. The molecule has 1 aliphatic heterocycles. The summed E-state index contributed by atoms with van der Waals surface area (Å²) in [5.74, 6) is 1.05. The number of amides is 1. The van der Waals surface area contributed by atoms with Gasteiger partial charge < -0.3 is 18.6 Å². The largest absolute Gasteiger partial charge is 0.459 e. The van der Waals surface area contributed by atoms with Gasteiger partial charge in [-0.05, 0) is 30.5 Å². The van der Waals surface area contributed by atoms with Gasteiger partial charge in [-0.3, -0.25) is 4.79 Å². The smallest absolute Gasteiger partial charge is 0.290 e. The number of hydrogen-bond acceptors (Lipinski definition) is 4. The van der Waals surface area contributed by atoms with E-state index in [0.29, 0.717) is 18.8 Å². The topological polar surface area (TPSA) is 60.5 Å². The Morgan fingerprint density at radius 3 is 2.85 bits per heavy atom. The molecule has 6 heteroatoms. The summed E-state index contributed by atoms with van der Waals surface area (Å²) in [4.78, 5) is 19.2. The maximum absolute atomic E-state index is 12.9. The molecule has 1 fully saturated rings. The van der Waals surface area contributed by atoms with Gasteiger partial charge in [0.15, 0.2) is 5.76 Å². The minimum atomic E-state index is -0.134. The van der Waals surface area contributed by atoms with Crippen molar-refractivity contribution in [3.63, 3.8) is 0 Å². The Kier molecular flexibility index (Phi) is 5.34. The molecular weight excluding hydrogens is 342 g/mol. The highest BCUT2D eigenvalue weighted by molar-refractivity contribution is 5.91. The first-order valence-electron chi connectivity index (χ1n) is 9.28. The number of nitrogens with zero attached hydrogens (tertiary/aromatic N) is 3. The van der Waals surface area contributed by atoms with Crippen LogP contribution in [0.4, 0.5) is 0 Å². The van der Waals surface area contributed by atoms with E-state index in [9.17, 15) is 4.79 Å². The number of carbonyl (C=O) groups is 1. The summed E-state index contributed by atoms with van der Waals surface area (Å²) in [6.07, 6.45) is 7.33. The van der Waals surface area contributed by atoms with Crippen LogP contribution in [0.2, 0.25) is 0 Å². The lowest BCUT2D eigenvalue weighted by atomic mass is 10.2. The third-order valence-corrected chi connectivity index (χ3v) is 4.80. The quantitative estimate of drug-likeness (QED) is 0.644. The highest BCUT2D eigenvalue weighted by atomic mass is 16.5. The molecule has 27 heavy (non-hydrogen) atoms. The predicted octanol–water partition coefficient (Wildman–Crippen LogP) is 3.35. The van der Waals surface area contributed by atoms with Crippen LogP contribution in [0.15, 0.2) is 65.5 Å². The first kappa shape index (κ1) is 17.5. The predicted molar refractivity (Wildman–Crippen MR) is 100 cm³/mol. The van der Waals surface area contributed by atoms with E-state index in [-0.39, 0.29) is 12.0 Å². The third-order valence-electron chi connectivity index (χ3n) is 4.80. The second kappa shape index (κ2) is 8.22. The number of ether oxygens (including phenoxy) is 1. The van der Waals surface area contributed by atoms with Crippen molar-refractivity contribution in [2.75, 3.05) is 13.2 Å². The molecule has 1 amide bonds. The SMILES string of the molecule is O=C(c1ccco1)N(Cc1nccn1Cc1ccccc1)CC1CCCO1. The van der Waals surface area contributed by atoms with Crippen LogP contribution in [0, 0.1) is 0 Å². The monoisotopic (exact) mass is 365 g/mol. The molecular formula is C21H23N3O3. The molecule has 0 spiro atoms. The van der Waals surface area contributed by atoms with E-state index in [0.717, 1.165) is 31.8 Å². The molecule has 2 aromatic heterocycles. The van der Waals surface area contributed by atoms with Gasteiger partial charge in [0.2, 0.25) is 0 Å². The summed E-state index contributed by atoms with van der Waals surface area (Å²) in [5, 5.41) is 0. The van der Waals surface area contributed by atoms with Gasteiger partial charge in [0.05, 0.1) is 18.9 Å². The van der Waals surface area contributed by atoms with Gasteiger partial charge in [0.1, 0.15) is 5.82 Å². The van der Waals surface area contributed by atoms with Crippen molar-refractivity contribution < 1.29 is 13.9 Å². The average molecular weight is 365 g/mol. The molecule has 4 rings (SSSR count). The number of hydrogen-bond donors (Lipinski definition) is 0. The Labute approximate surface area is 158 Å². The molecule has 0 radical (unpaired) electrons. The lowest BCUT2D eigenvalue weighted by molar-refractivity contribution is 0.0475. The Morgan fingerprint density at radius 2 is 2.11 bits per heavy atom. The molecule has 0 saturated carbocycles. The van der Waals surface area contributed by atoms with Crippen LogP contribution in [0.5, 0.6) is 0 Å². The van der Waals surface area contributed by atoms with E-state index < -0.39 is 0 Å². The number of furan rings is 1. The number of rotatable bonds is 7. The van der Waals surface area contributed by atoms with Crippen LogP contribution in [0.25, 0.3) is 0 Å². The number of aromatic nitrogens is 2. The van der Waals surface area contributed by atoms with Crippen molar-refractivity contribution in [3.8, 4) is 0 Å². The molecule has 0 aliphatic carbocycles. The summed E-state index contributed by atoms with van der Waals surface area (Å²) in [7, 11) is 0. The lowest BCUT2D eigenvalue weighted by Gasteiger charge is -2.24. The zero-order valence-corrected chi connectivity index (χ0v) is 15.2. The van der Waals surface area contributed by atoms with Crippen LogP contribution in [0.3, 0.4) is 0 Å². The molecule has 3 heterocycles. The van der Waals surface area contributed by atoms with E-state index in [2.05, 4.69) is 21.7 Å². The molecule has 1 aliphatic rings. The number of imidazole rings is 1. The zero-order valence-electron chi connectivity index (χ0n) is 15.2. The fourth-order valence-electron chi connectivity index (χ4n) is 3.40. The third kappa shape index (κ3) is 4.28. The zero-order chi connectivity index (χ0) is 18.5. The first-order chi connectivity index (χ1) is 13.3. The van der Waals surface area contributed by atoms with Crippen LogP contribution < -0.4 is 0 Å². The van der Waals surface area contributed by atoms with E-state index in [4.69, 9.17) is 9.15 Å².